The number of furan rings is 1. The van der Waals surface area contributed by atoms with Crippen molar-refractivity contribution in [3.8, 4) is 0 Å². The summed E-state index contributed by atoms with van der Waals surface area (Å²) in [6.07, 6.45) is 7.75. The smallest absolute Gasteiger partial charge is 0.268 e. The number of piperidine rings is 1. The van der Waals surface area contributed by atoms with Crippen LogP contribution in [0.1, 0.15) is 49.5 Å². The SMILES string of the molecule is CCCCn1c(C(=O)NCCN2CCCCC2)cc2occc21. The first-order valence-electron chi connectivity index (χ1n) is 8.87. The maximum atomic E-state index is 12.5. The van der Waals surface area contributed by atoms with Crippen LogP contribution in [-0.4, -0.2) is 41.6 Å². The number of carbonyl (C=O) groups excluding carboxylic acids is 1. The van der Waals surface area contributed by atoms with Crippen LogP contribution in [-0.2, 0) is 6.54 Å². The first-order valence-corrected chi connectivity index (χ1v) is 8.87. The Morgan fingerprint density at radius 3 is 2.87 bits per heavy atom. The summed E-state index contributed by atoms with van der Waals surface area (Å²) in [4.78, 5) is 15.0. The molecule has 0 aliphatic carbocycles. The van der Waals surface area contributed by atoms with Gasteiger partial charge in [0.05, 0.1) is 11.8 Å². The van der Waals surface area contributed by atoms with Crippen molar-refractivity contribution in [3.63, 3.8) is 0 Å². The number of nitrogens with zero attached hydrogens (tertiary/aromatic N) is 2. The predicted octanol–water partition coefficient (Wildman–Crippen LogP) is 3.25. The van der Waals surface area contributed by atoms with Crippen LogP contribution in [0.25, 0.3) is 11.1 Å². The van der Waals surface area contributed by atoms with E-state index in [4.69, 9.17) is 4.42 Å². The van der Waals surface area contributed by atoms with E-state index in [2.05, 4.69) is 21.7 Å². The molecule has 1 aliphatic rings. The minimum absolute atomic E-state index is 0.00418. The molecule has 1 amide bonds. The van der Waals surface area contributed by atoms with Crippen molar-refractivity contribution in [2.45, 2.75) is 45.6 Å². The molecule has 5 nitrogen and oxygen atoms in total. The highest BCUT2D eigenvalue weighted by atomic mass is 16.3. The standard InChI is InChI=1S/C18H27N3O2/c1-2-3-11-21-15-7-13-23-17(15)14-16(21)18(22)19-8-12-20-9-5-4-6-10-20/h7,13-14H,2-6,8-12H2,1H3,(H,19,22). The first kappa shape index (κ1) is 16.1. The number of rotatable bonds is 7. The predicted molar refractivity (Wildman–Crippen MR) is 91.7 cm³/mol. The Labute approximate surface area is 137 Å². The Morgan fingerprint density at radius 2 is 2.09 bits per heavy atom. The Kier molecular flexibility index (Phi) is 5.39. The molecule has 2 aromatic heterocycles. The van der Waals surface area contributed by atoms with Gasteiger partial charge in [0, 0.05) is 31.8 Å². The molecule has 3 rings (SSSR count). The van der Waals surface area contributed by atoms with Crippen molar-refractivity contribution in [2.75, 3.05) is 26.2 Å². The molecule has 2 aromatic rings. The van der Waals surface area contributed by atoms with Gasteiger partial charge in [0.15, 0.2) is 5.58 Å². The monoisotopic (exact) mass is 317 g/mol. The summed E-state index contributed by atoms with van der Waals surface area (Å²) in [5, 5.41) is 3.07. The van der Waals surface area contributed by atoms with E-state index in [1.807, 2.05) is 12.1 Å². The highest BCUT2D eigenvalue weighted by Gasteiger charge is 2.17. The van der Waals surface area contributed by atoms with Crippen molar-refractivity contribution in [3.05, 3.63) is 24.1 Å². The minimum atomic E-state index is 0.00418. The first-order chi connectivity index (χ1) is 11.3. The van der Waals surface area contributed by atoms with Gasteiger partial charge in [-0.2, -0.15) is 0 Å². The number of carbonyl (C=O) groups is 1. The van der Waals surface area contributed by atoms with Crippen LogP contribution in [0, 0.1) is 0 Å². The summed E-state index contributed by atoms with van der Waals surface area (Å²) < 4.78 is 7.54. The number of hydrogen-bond acceptors (Lipinski definition) is 3. The van der Waals surface area contributed by atoms with E-state index in [1.54, 1.807) is 6.26 Å². The molecule has 0 unspecified atom stereocenters. The zero-order valence-electron chi connectivity index (χ0n) is 14.0. The van der Waals surface area contributed by atoms with Gasteiger partial charge in [0.25, 0.3) is 5.91 Å². The molecule has 1 fully saturated rings. The number of aryl methyl sites for hydroxylation is 1. The molecule has 0 spiro atoms. The van der Waals surface area contributed by atoms with E-state index < -0.39 is 0 Å². The summed E-state index contributed by atoms with van der Waals surface area (Å²) in [5.74, 6) is 0.00418. The number of nitrogens with one attached hydrogen (secondary N) is 1. The molecule has 1 aliphatic heterocycles. The zero-order chi connectivity index (χ0) is 16.1. The molecule has 0 aromatic carbocycles. The molecule has 5 heteroatoms. The van der Waals surface area contributed by atoms with Crippen molar-refractivity contribution in [1.29, 1.82) is 0 Å². The number of amides is 1. The van der Waals surface area contributed by atoms with Crippen molar-refractivity contribution < 1.29 is 9.21 Å². The van der Waals surface area contributed by atoms with Gasteiger partial charge >= 0.3 is 0 Å². The van der Waals surface area contributed by atoms with Gasteiger partial charge in [-0.25, -0.2) is 0 Å². The number of unbranched alkanes of at least 4 members (excludes halogenated alkanes) is 1. The largest absolute Gasteiger partial charge is 0.463 e. The van der Waals surface area contributed by atoms with Crippen LogP contribution in [0.2, 0.25) is 0 Å². The third-order valence-electron chi connectivity index (χ3n) is 4.65. The zero-order valence-corrected chi connectivity index (χ0v) is 14.0. The number of hydrogen-bond donors (Lipinski definition) is 1. The van der Waals surface area contributed by atoms with Crippen LogP contribution in [0.5, 0.6) is 0 Å². The third-order valence-corrected chi connectivity index (χ3v) is 4.65. The minimum Gasteiger partial charge on any atom is -0.463 e. The van der Waals surface area contributed by atoms with Crippen LogP contribution in [0.15, 0.2) is 22.8 Å². The fourth-order valence-electron chi connectivity index (χ4n) is 3.32. The van der Waals surface area contributed by atoms with E-state index >= 15 is 0 Å². The number of fused-ring (bicyclic) bond motifs is 1. The fourth-order valence-corrected chi connectivity index (χ4v) is 3.32. The van der Waals surface area contributed by atoms with E-state index in [0.717, 1.165) is 50.1 Å². The molecule has 1 N–H and O–H groups in total. The van der Waals surface area contributed by atoms with Gasteiger partial charge in [-0.15, -0.1) is 0 Å². The molecule has 3 heterocycles. The van der Waals surface area contributed by atoms with Gasteiger partial charge in [-0.1, -0.05) is 19.8 Å². The summed E-state index contributed by atoms with van der Waals surface area (Å²) in [6.45, 7) is 6.99. The van der Waals surface area contributed by atoms with Gasteiger partial charge in [-0.3, -0.25) is 4.79 Å². The lowest BCUT2D eigenvalue weighted by Gasteiger charge is -2.26. The maximum Gasteiger partial charge on any atom is 0.268 e. The Balaban J connectivity index is 1.61. The van der Waals surface area contributed by atoms with E-state index in [0.29, 0.717) is 12.2 Å². The van der Waals surface area contributed by atoms with Crippen LogP contribution >= 0.6 is 0 Å². The summed E-state index contributed by atoms with van der Waals surface area (Å²) in [5.41, 5.74) is 2.52. The molecule has 0 bridgehead atoms. The summed E-state index contributed by atoms with van der Waals surface area (Å²) in [6, 6.07) is 3.80. The molecular formula is C18H27N3O2. The molecule has 126 valence electrons. The Morgan fingerprint density at radius 1 is 1.26 bits per heavy atom. The highest BCUT2D eigenvalue weighted by Crippen LogP contribution is 2.21. The Bertz CT molecular complexity index is 638. The normalized spacial score (nSPS) is 16.0. The quantitative estimate of drug-likeness (QED) is 0.853. The topological polar surface area (TPSA) is 50.4 Å². The van der Waals surface area contributed by atoms with Crippen LogP contribution in [0.4, 0.5) is 0 Å². The Hall–Kier alpha value is -1.75. The molecule has 0 saturated carbocycles. The molecule has 0 radical (unpaired) electrons. The highest BCUT2D eigenvalue weighted by molar-refractivity contribution is 5.97. The van der Waals surface area contributed by atoms with Crippen molar-refractivity contribution in [2.24, 2.45) is 0 Å². The second-order valence-electron chi connectivity index (χ2n) is 6.36. The van der Waals surface area contributed by atoms with E-state index in [9.17, 15) is 4.79 Å². The number of likely N-dealkylation sites (tertiary alicyclic amines) is 1. The van der Waals surface area contributed by atoms with Crippen molar-refractivity contribution >= 4 is 17.0 Å². The maximum absolute atomic E-state index is 12.5. The molecule has 1 saturated heterocycles. The van der Waals surface area contributed by atoms with Gasteiger partial charge in [0.2, 0.25) is 0 Å². The second kappa shape index (κ2) is 7.68. The van der Waals surface area contributed by atoms with Crippen molar-refractivity contribution in [1.82, 2.24) is 14.8 Å². The average molecular weight is 317 g/mol. The van der Waals surface area contributed by atoms with E-state index in [1.165, 1.54) is 19.3 Å². The third kappa shape index (κ3) is 3.78. The summed E-state index contributed by atoms with van der Waals surface area (Å²) in [7, 11) is 0. The van der Waals surface area contributed by atoms with Crippen LogP contribution < -0.4 is 5.32 Å². The lowest BCUT2D eigenvalue weighted by Crippen LogP contribution is -2.38. The van der Waals surface area contributed by atoms with E-state index in [-0.39, 0.29) is 5.91 Å². The van der Waals surface area contributed by atoms with Gasteiger partial charge in [0.1, 0.15) is 5.69 Å². The lowest BCUT2D eigenvalue weighted by atomic mass is 10.1. The van der Waals surface area contributed by atoms with Gasteiger partial charge < -0.3 is 19.2 Å². The number of aromatic nitrogens is 1. The molecular weight excluding hydrogens is 290 g/mol. The van der Waals surface area contributed by atoms with Gasteiger partial charge in [-0.05, 0) is 32.4 Å². The fraction of sp³-hybridized carbons (Fsp3) is 0.611. The molecule has 0 atom stereocenters. The lowest BCUT2D eigenvalue weighted by molar-refractivity contribution is 0.0937. The van der Waals surface area contributed by atoms with Crippen LogP contribution in [0.3, 0.4) is 0 Å². The second-order valence-corrected chi connectivity index (χ2v) is 6.36. The average Bonchev–Trinajstić information content (AvgIpc) is 3.15. The summed E-state index contributed by atoms with van der Waals surface area (Å²) >= 11 is 0. The molecule has 23 heavy (non-hydrogen) atoms.